The van der Waals surface area contributed by atoms with E-state index in [0.717, 1.165) is 50.6 Å². The highest BCUT2D eigenvalue weighted by Crippen LogP contribution is 2.44. The Balaban J connectivity index is 1.82. The molecule has 1 aromatic heterocycles. The van der Waals surface area contributed by atoms with Crippen molar-refractivity contribution in [3.8, 4) is 11.1 Å². The molecule has 0 aliphatic carbocycles. The van der Waals surface area contributed by atoms with E-state index >= 15 is 0 Å². The third kappa shape index (κ3) is 7.50. The van der Waals surface area contributed by atoms with Gasteiger partial charge in [-0.25, -0.2) is 11.1 Å². The van der Waals surface area contributed by atoms with Crippen LogP contribution in [0.25, 0.3) is 11.1 Å². The van der Waals surface area contributed by atoms with Gasteiger partial charge in [0.25, 0.3) is 5.91 Å². The van der Waals surface area contributed by atoms with Gasteiger partial charge in [0, 0.05) is 15.0 Å². The third-order valence-electron chi connectivity index (χ3n) is 5.88. The van der Waals surface area contributed by atoms with Gasteiger partial charge in [-0.3, -0.25) is 4.79 Å². The molecule has 1 amide bonds. The van der Waals surface area contributed by atoms with Crippen molar-refractivity contribution in [1.82, 2.24) is 5.32 Å². The number of carbonyl (C=O) groups excluding carboxylic acids is 1. The number of nitrogens with one attached hydrogen (secondary N) is 3. The van der Waals surface area contributed by atoms with E-state index in [1.807, 2.05) is 19.9 Å². The SMILES string of the molecule is Cc1cc(SC(CC(C)C)c2ccc(C(=O)NCC(N=N)N=N)s2)cc(C)c1-c1ccc(C(F)(F)F)cc1. The molecule has 1 atom stereocenters. The summed E-state index contributed by atoms with van der Waals surface area (Å²) in [7, 11) is 0. The van der Waals surface area contributed by atoms with Crippen LogP contribution in [0.2, 0.25) is 0 Å². The Morgan fingerprint density at radius 1 is 1.03 bits per heavy atom. The van der Waals surface area contributed by atoms with E-state index < -0.39 is 17.9 Å². The lowest BCUT2D eigenvalue weighted by atomic mass is 9.95. The van der Waals surface area contributed by atoms with Gasteiger partial charge in [-0.1, -0.05) is 26.0 Å². The summed E-state index contributed by atoms with van der Waals surface area (Å²) in [5.74, 6) is 0.123. The summed E-state index contributed by atoms with van der Waals surface area (Å²) in [5.41, 5.74) is 16.9. The first-order valence-electron chi connectivity index (χ1n) is 12.0. The number of benzene rings is 2. The molecular weight excluding hydrogens is 531 g/mol. The van der Waals surface area contributed by atoms with Crippen molar-refractivity contribution < 1.29 is 18.0 Å². The van der Waals surface area contributed by atoms with Crippen molar-refractivity contribution in [1.29, 1.82) is 11.1 Å². The molecule has 0 spiro atoms. The molecule has 3 N–H and O–H groups in total. The van der Waals surface area contributed by atoms with Crippen molar-refractivity contribution >= 4 is 29.0 Å². The average Bonchev–Trinajstić information content (AvgIpc) is 3.34. The maximum atomic E-state index is 13.0. The van der Waals surface area contributed by atoms with Crippen molar-refractivity contribution in [2.24, 2.45) is 16.1 Å². The molecule has 0 bridgehead atoms. The topological polar surface area (TPSA) is 102 Å². The molecular formula is C27H30F3N5OS2. The Bertz CT molecular complexity index is 1260. The first-order chi connectivity index (χ1) is 17.9. The summed E-state index contributed by atoms with van der Waals surface area (Å²) in [6.45, 7) is 8.22. The summed E-state index contributed by atoms with van der Waals surface area (Å²) >= 11 is 3.12. The number of carbonyl (C=O) groups is 1. The number of halogens is 3. The number of hydrogen-bond acceptors (Lipinski definition) is 7. The van der Waals surface area contributed by atoms with Crippen molar-refractivity contribution in [2.75, 3.05) is 6.54 Å². The van der Waals surface area contributed by atoms with Crippen LogP contribution >= 0.6 is 23.1 Å². The predicted molar refractivity (Wildman–Crippen MR) is 145 cm³/mol. The maximum Gasteiger partial charge on any atom is 0.416 e. The number of hydrogen-bond donors (Lipinski definition) is 3. The smallest absolute Gasteiger partial charge is 0.347 e. The minimum atomic E-state index is -4.37. The molecule has 11 heteroatoms. The van der Waals surface area contributed by atoms with Crippen molar-refractivity contribution in [3.05, 3.63) is 75.0 Å². The molecule has 1 unspecified atom stereocenters. The first-order valence-corrected chi connectivity index (χ1v) is 13.7. The van der Waals surface area contributed by atoms with E-state index in [1.54, 1.807) is 17.8 Å². The van der Waals surface area contributed by atoms with Gasteiger partial charge in [0.15, 0.2) is 6.17 Å². The fourth-order valence-corrected chi connectivity index (χ4v) is 6.83. The molecule has 0 saturated carbocycles. The summed E-state index contributed by atoms with van der Waals surface area (Å²) in [4.78, 5) is 15.2. The molecule has 6 nitrogen and oxygen atoms in total. The number of rotatable bonds is 11. The number of alkyl halides is 3. The summed E-state index contributed by atoms with van der Waals surface area (Å²) in [6, 6.07) is 13.1. The van der Waals surface area contributed by atoms with E-state index in [4.69, 9.17) is 11.1 Å². The number of thiophene rings is 1. The molecule has 3 aromatic rings. The molecule has 0 fully saturated rings. The minimum Gasteiger partial charge on any atom is -0.347 e. The molecule has 3 rings (SSSR count). The molecule has 202 valence electrons. The van der Waals surface area contributed by atoms with Crippen molar-refractivity contribution in [3.63, 3.8) is 0 Å². The fourth-order valence-electron chi connectivity index (χ4n) is 4.13. The van der Waals surface area contributed by atoms with E-state index in [-0.39, 0.29) is 17.7 Å². The van der Waals surface area contributed by atoms with Gasteiger partial charge < -0.3 is 5.32 Å². The maximum absolute atomic E-state index is 13.0. The van der Waals surface area contributed by atoms with E-state index in [1.165, 1.54) is 23.5 Å². The van der Waals surface area contributed by atoms with E-state index in [2.05, 4.69) is 41.5 Å². The Kier molecular flexibility index (Phi) is 9.83. The molecule has 2 aromatic carbocycles. The first kappa shape index (κ1) is 29.5. The van der Waals surface area contributed by atoms with Crippen LogP contribution in [-0.2, 0) is 6.18 Å². The van der Waals surface area contributed by atoms with Gasteiger partial charge in [-0.15, -0.1) is 23.1 Å². The lowest BCUT2D eigenvalue weighted by molar-refractivity contribution is -0.137. The van der Waals surface area contributed by atoms with Gasteiger partial charge in [0.1, 0.15) is 0 Å². The standard InChI is InChI=1S/C27H30F3N5OS2/c1-15(2)11-23(21-9-10-22(38-21)26(36)33-14-24(34-31)35-32)37-20-12-16(3)25(17(4)13-20)18-5-7-19(8-6-18)27(28,29)30/h5-10,12-13,15,23-24,31-32H,11,14H2,1-4H3,(H,33,36). The second kappa shape index (κ2) is 12.7. The highest BCUT2D eigenvalue weighted by atomic mass is 32.2. The van der Waals surface area contributed by atoms with Gasteiger partial charge in [-0.2, -0.15) is 23.4 Å². The highest BCUT2D eigenvalue weighted by Gasteiger charge is 2.30. The Morgan fingerprint density at radius 3 is 2.16 bits per heavy atom. The summed E-state index contributed by atoms with van der Waals surface area (Å²) in [5, 5.41) is 9.12. The van der Waals surface area contributed by atoms with Crippen LogP contribution < -0.4 is 5.32 Å². The molecule has 38 heavy (non-hydrogen) atoms. The Labute approximate surface area is 228 Å². The third-order valence-corrected chi connectivity index (χ3v) is 8.47. The van der Waals surface area contributed by atoms with Crippen LogP contribution in [0.1, 0.15) is 56.8 Å². The van der Waals surface area contributed by atoms with Gasteiger partial charge in [-0.05, 0) is 84.8 Å². The number of amides is 1. The van der Waals surface area contributed by atoms with Crippen molar-refractivity contribution in [2.45, 2.75) is 56.6 Å². The summed E-state index contributed by atoms with van der Waals surface area (Å²) in [6.07, 6.45) is -4.39. The highest BCUT2D eigenvalue weighted by molar-refractivity contribution is 7.99. The average molecular weight is 562 g/mol. The van der Waals surface area contributed by atoms with Gasteiger partial charge in [0.2, 0.25) is 0 Å². The van der Waals surface area contributed by atoms with Gasteiger partial charge in [0.05, 0.1) is 17.0 Å². The second-order valence-corrected chi connectivity index (χ2v) is 11.8. The number of nitrogens with zero attached hydrogens (tertiary/aromatic N) is 2. The molecule has 1 heterocycles. The largest absolute Gasteiger partial charge is 0.416 e. The molecule has 0 radical (unpaired) electrons. The zero-order valence-corrected chi connectivity index (χ0v) is 23.2. The Morgan fingerprint density at radius 2 is 1.63 bits per heavy atom. The van der Waals surface area contributed by atoms with Crippen LogP contribution in [0.4, 0.5) is 13.2 Å². The van der Waals surface area contributed by atoms with Crippen LogP contribution in [0, 0.1) is 30.8 Å². The minimum absolute atomic E-state index is 0.00687. The quantitative estimate of drug-likeness (QED) is 0.161. The van der Waals surface area contributed by atoms with E-state index in [0.29, 0.717) is 10.8 Å². The zero-order chi connectivity index (χ0) is 28.0. The number of aryl methyl sites for hydroxylation is 2. The molecule has 0 saturated heterocycles. The van der Waals surface area contributed by atoms with Crippen LogP contribution in [0.15, 0.2) is 63.7 Å². The lowest BCUT2D eigenvalue weighted by Crippen LogP contribution is -2.29. The monoisotopic (exact) mass is 561 g/mol. The molecule has 0 aliphatic rings. The fraction of sp³-hybridized carbons (Fsp3) is 0.370. The lowest BCUT2D eigenvalue weighted by Gasteiger charge is -2.19. The zero-order valence-electron chi connectivity index (χ0n) is 21.5. The summed E-state index contributed by atoms with van der Waals surface area (Å²) < 4.78 is 39.0. The van der Waals surface area contributed by atoms with Crippen LogP contribution in [-0.4, -0.2) is 18.6 Å². The molecule has 0 aliphatic heterocycles. The predicted octanol–water partition coefficient (Wildman–Crippen LogP) is 9.05. The van der Waals surface area contributed by atoms with Crippen LogP contribution in [0.3, 0.4) is 0 Å². The van der Waals surface area contributed by atoms with Gasteiger partial charge >= 0.3 is 6.18 Å². The Hall–Kier alpha value is -3.05. The van der Waals surface area contributed by atoms with E-state index in [9.17, 15) is 18.0 Å². The van der Waals surface area contributed by atoms with Crippen LogP contribution in [0.5, 0.6) is 0 Å². The normalized spacial score (nSPS) is 13.3. The second-order valence-electron chi connectivity index (χ2n) is 9.39. The number of thioether (sulfide) groups is 1.